The summed E-state index contributed by atoms with van der Waals surface area (Å²) in [7, 11) is 1.66. The van der Waals surface area contributed by atoms with Gasteiger partial charge in [-0.15, -0.1) is 0 Å². The van der Waals surface area contributed by atoms with Crippen molar-refractivity contribution in [3.8, 4) is 0 Å². The van der Waals surface area contributed by atoms with Crippen molar-refractivity contribution in [1.82, 2.24) is 10.6 Å². The Morgan fingerprint density at radius 2 is 1.74 bits per heavy atom. The third-order valence-corrected chi connectivity index (χ3v) is 4.73. The fraction of sp³-hybridized carbons (Fsp3) is 0.933. The van der Waals surface area contributed by atoms with Crippen LogP contribution in [0, 0.1) is 11.8 Å². The molecule has 2 unspecified atom stereocenters. The first-order valence-electron chi connectivity index (χ1n) is 7.62. The van der Waals surface area contributed by atoms with Crippen LogP contribution >= 0.6 is 0 Å². The first-order chi connectivity index (χ1) is 9.05. The van der Waals surface area contributed by atoms with Crippen LogP contribution in [0.2, 0.25) is 0 Å². The monoisotopic (exact) mass is 268 g/mol. The van der Waals surface area contributed by atoms with Gasteiger partial charge in [-0.3, -0.25) is 4.79 Å². The SMILES string of the molecule is COC1(C(=O)NC2CC(C)CC(C)C2)CCNCC1. The van der Waals surface area contributed by atoms with Gasteiger partial charge >= 0.3 is 0 Å². The Hall–Kier alpha value is -0.610. The molecule has 2 N–H and O–H groups in total. The van der Waals surface area contributed by atoms with Gasteiger partial charge in [0.2, 0.25) is 0 Å². The average Bonchev–Trinajstić information content (AvgIpc) is 2.38. The first-order valence-corrected chi connectivity index (χ1v) is 7.62. The van der Waals surface area contributed by atoms with Gasteiger partial charge in [0, 0.05) is 13.2 Å². The highest BCUT2D eigenvalue weighted by Gasteiger charge is 2.41. The van der Waals surface area contributed by atoms with Gasteiger partial charge in [-0.05, 0) is 57.0 Å². The number of amides is 1. The lowest BCUT2D eigenvalue weighted by Crippen LogP contribution is -2.56. The standard InChI is InChI=1S/C15H28N2O2/c1-11-8-12(2)10-13(9-11)17-14(18)15(19-3)4-6-16-7-5-15/h11-13,16H,4-10H2,1-3H3,(H,17,18). The van der Waals surface area contributed by atoms with E-state index < -0.39 is 5.60 Å². The summed E-state index contributed by atoms with van der Waals surface area (Å²) in [6.45, 7) is 6.29. The van der Waals surface area contributed by atoms with E-state index in [1.165, 1.54) is 6.42 Å². The number of carbonyl (C=O) groups excluding carboxylic acids is 1. The third kappa shape index (κ3) is 3.48. The van der Waals surface area contributed by atoms with Crippen molar-refractivity contribution >= 4 is 5.91 Å². The number of piperidine rings is 1. The second-order valence-electron chi connectivity index (χ2n) is 6.54. The molecule has 19 heavy (non-hydrogen) atoms. The fourth-order valence-corrected chi connectivity index (χ4v) is 3.74. The Balaban J connectivity index is 1.95. The minimum atomic E-state index is -0.602. The molecule has 1 aliphatic carbocycles. The van der Waals surface area contributed by atoms with Gasteiger partial charge in [-0.2, -0.15) is 0 Å². The minimum absolute atomic E-state index is 0.0998. The predicted octanol–water partition coefficient (Wildman–Crippen LogP) is 1.70. The molecular formula is C15H28N2O2. The van der Waals surface area contributed by atoms with Gasteiger partial charge in [0.15, 0.2) is 0 Å². The Morgan fingerprint density at radius 1 is 1.16 bits per heavy atom. The zero-order valence-electron chi connectivity index (χ0n) is 12.5. The van der Waals surface area contributed by atoms with Crippen LogP contribution < -0.4 is 10.6 Å². The number of carbonyl (C=O) groups is 1. The summed E-state index contributed by atoms with van der Waals surface area (Å²) in [5, 5.41) is 6.54. The molecule has 0 spiro atoms. The van der Waals surface area contributed by atoms with Gasteiger partial charge in [-0.1, -0.05) is 13.8 Å². The zero-order chi connectivity index (χ0) is 13.9. The molecule has 4 nitrogen and oxygen atoms in total. The number of ether oxygens (including phenoxy) is 1. The highest BCUT2D eigenvalue weighted by Crippen LogP contribution is 2.30. The molecule has 1 saturated heterocycles. The molecule has 0 aromatic carbocycles. The lowest BCUT2D eigenvalue weighted by Gasteiger charge is -2.38. The topological polar surface area (TPSA) is 50.4 Å². The van der Waals surface area contributed by atoms with Crippen LogP contribution in [0.1, 0.15) is 46.0 Å². The van der Waals surface area contributed by atoms with Crippen LogP contribution in [-0.4, -0.2) is 37.7 Å². The van der Waals surface area contributed by atoms with Gasteiger partial charge in [-0.25, -0.2) is 0 Å². The minimum Gasteiger partial charge on any atom is -0.368 e. The maximum Gasteiger partial charge on any atom is 0.252 e. The van der Waals surface area contributed by atoms with Crippen molar-refractivity contribution in [1.29, 1.82) is 0 Å². The quantitative estimate of drug-likeness (QED) is 0.819. The van der Waals surface area contributed by atoms with Crippen molar-refractivity contribution < 1.29 is 9.53 Å². The van der Waals surface area contributed by atoms with Crippen molar-refractivity contribution in [2.75, 3.05) is 20.2 Å². The highest BCUT2D eigenvalue weighted by atomic mass is 16.5. The van der Waals surface area contributed by atoms with Crippen molar-refractivity contribution in [2.24, 2.45) is 11.8 Å². The van der Waals surface area contributed by atoms with Crippen molar-refractivity contribution in [2.45, 2.75) is 57.6 Å². The molecule has 4 heteroatoms. The van der Waals surface area contributed by atoms with E-state index in [2.05, 4.69) is 24.5 Å². The van der Waals surface area contributed by atoms with Crippen molar-refractivity contribution in [3.63, 3.8) is 0 Å². The van der Waals surface area contributed by atoms with E-state index in [0.29, 0.717) is 17.9 Å². The van der Waals surface area contributed by atoms with Gasteiger partial charge in [0.05, 0.1) is 0 Å². The van der Waals surface area contributed by atoms with Gasteiger partial charge in [0.25, 0.3) is 5.91 Å². The van der Waals surface area contributed by atoms with E-state index in [9.17, 15) is 4.79 Å². The number of rotatable bonds is 3. The summed E-state index contributed by atoms with van der Waals surface area (Å²) >= 11 is 0. The normalized spacial score (nSPS) is 34.8. The summed E-state index contributed by atoms with van der Waals surface area (Å²) in [5.41, 5.74) is -0.602. The third-order valence-electron chi connectivity index (χ3n) is 4.73. The molecule has 2 atom stereocenters. The molecule has 0 bridgehead atoms. The fourth-order valence-electron chi connectivity index (χ4n) is 3.74. The lowest BCUT2D eigenvalue weighted by molar-refractivity contribution is -0.147. The molecule has 1 saturated carbocycles. The van der Waals surface area contributed by atoms with E-state index in [0.717, 1.165) is 38.8 Å². The molecule has 110 valence electrons. The van der Waals surface area contributed by atoms with Crippen LogP contribution in [-0.2, 0) is 9.53 Å². The Kier molecular flexibility index (Phi) is 4.85. The summed E-state index contributed by atoms with van der Waals surface area (Å²) in [6.07, 6.45) is 5.04. The van der Waals surface area contributed by atoms with E-state index in [1.54, 1.807) is 7.11 Å². The van der Waals surface area contributed by atoms with E-state index in [1.807, 2.05) is 0 Å². The number of hydrogen-bond donors (Lipinski definition) is 2. The van der Waals surface area contributed by atoms with Gasteiger partial charge in [0.1, 0.15) is 5.60 Å². The van der Waals surface area contributed by atoms with Crippen LogP contribution in [0.3, 0.4) is 0 Å². The molecule has 0 radical (unpaired) electrons. The lowest BCUT2D eigenvalue weighted by atomic mass is 9.80. The van der Waals surface area contributed by atoms with E-state index in [4.69, 9.17) is 4.74 Å². The molecule has 1 heterocycles. The zero-order valence-corrected chi connectivity index (χ0v) is 12.5. The summed E-state index contributed by atoms with van der Waals surface area (Å²) in [6, 6.07) is 0.327. The van der Waals surface area contributed by atoms with Crippen molar-refractivity contribution in [3.05, 3.63) is 0 Å². The number of hydrogen-bond acceptors (Lipinski definition) is 3. The second kappa shape index (κ2) is 6.23. The van der Waals surface area contributed by atoms with Crippen LogP contribution in [0.5, 0.6) is 0 Å². The average molecular weight is 268 g/mol. The molecule has 2 rings (SSSR count). The number of nitrogens with one attached hydrogen (secondary N) is 2. The Bertz CT molecular complexity index is 303. The summed E-state index contributed by atoms with van der Waals surface area (Å²) < 4.78 is 5.58. The molecule has 1 aliphatic heterocycles. The van der Waals surface area contributed by atoms with Crippen LogP contribution in [0.4, 0.5) is 0 Å². The first kappa shape index (κ1) is 14.8. The van der Waals surface area contributed by atoms with E-state index >= 15 is 0 Å². The molecule has 2 aliphatic rings. The highest BCUT2D eigenvalue weighted by molar-refractivity contribution is 5.85. The maximum atomic E-state index is 12.6. The Labute approximate surface area is 116 Å². The maximum absolute atomic E-state index is 12.6. The smallest absolute Gasteiger partial charge is 0.252 e. The second-order valence-corrected chi connectivity index (χ2v) is 6.54. The largest absolute Gasteiger partial charge is 0.368 e. The molecule has 0 aromatic heterocycles. The van der Waals surface area contributed by atoms with E-state index in [-0.39, 0.29) is 5.91 Å². The molecule has 1 amide bonds. The molecule has 0 aromatic rings. The van der Waals surface area contributed by atoms with Gasteiger partial charge < -0.3 is 15.4 Å². The molecular weight excluding hydrogens is 240 g/mol. The molecule has 2 fully saturated rings. The van der Waals surface area contributed by atoms with Crippen LogP contribution in [0.15, 0.2) is 0 Å². The number of methoxy groups -OCH3 is 1. The summed E-state index contributed by atoms with van der Waals surface area (Å²) in [4.78, 5) is 12.6. The summed E-state index contributed by atoms with van der Waals surface area (Å²) in [5.74, 6) is 1.52. The Morgan fingerprint density at radius 3 is 2.26 bits per heavy atom. The predicted molar refractivity (Wildman–Crippen MR) is 76.0 cm³/mol. The van der Waals surface area contributed by atoms with Crippen LogP contribution in [0.25, 0.3) is 0 Å².